The van der Waals surface area contributed by atoms with Crippen LogP contribution in [0.1, 0.15) is 53.6 Å². The topological polar surface area (TPSA) is 61.7 Å². The third-order valence-corrected chi connectivity index (χ3v) is 9.04. The molecule has 1 amide bonds. The van der Waals surface area contributed by atoms with Gasteiger partial charge in [0.15, 0.2) is 0 Å². The van der Waals surface area contributed by atoms with Crippen LogP contribution in [0.2, 0.25) is 5.02 Å². The molecule has 34 heavy (non-hydrogen) atoms. The lowest BCUT2D eigenvalue weighted by atomic mass is 9.72. The van der Waals surface area contributed by atoms with Gasteiger partial charge in [0, 0.05) is 30.9 Å². The third-order valence-electron chi connectivity index (χ3n) is 6.18. The number of rotatable bonds is 4. The van der Waals surface area contributed by atoms with Gasteiger partial charge in [0.25, 0.3) is 5.91 Å². The molecular weight excluding hydrogens is 694 g/mol. The molecule has 0 saturated carbocycles. The Bertz CT molecular complexity index is 1260. The van der Waals surface area contributed by atoms with E-state index >= 15 is 0 Å². The average molecular weight is 719 g/mol. The predicted octanol–water partition coefficient (Wildman–Crippen LogP) is 8.47. The van der Waals surface area contributed by atoms with Gasteiger partial charge in [-0.2, -0.15) is 0 Å². The minimum atomic E-state index is -0.164. The number of anilines is 1. The van der Waals surface area contributed by atoms with Gasteiger partial charge in [0.05, 0.1) is 9.13 Å². The number of aliphatic imine (C=N–C) groups is 1. The molecule has 178 valence electrons. The first-order chi connectivity index (χ1) is 16.0. The number of carbonyl (C=O) groups excluding carboxylic acids is 1. The number of nitrogens with zero attached hydrogens (tertiary/aromatic N) is 1. The van der Waals surface area contributed by atoms with E-state index < -0.39 is 0 Å². The summed E-state index contributed by atoms with van der Waals surface area (Å²) in [5.74, 6) is 0.595. The maximum Gasteiger partial charge on any atom is 0.259 e. The molecular formula is C26H25ClI2N2O2S. The molecule has 1 atom stereocenters. The molecule has 3 aromatic rings. The lowest BCUT2D eigenvalue weighted by molar-refractivity contribution is 0.102. The van der Waals surface area contributed by atoms with Crippen LogP contribution >= 0.6 is 68.1 Å². The number of hydrogen-bond acceptors (Lipinski definition) is 4. The molecule has 1 aliphatic rings. The SMILES string of the molecule is CC(C)(C)[C@@H]1CCc2c(sc(N=Cc3cc(I)cc(I)c3O)c2C(=O)Nc2ccc(Cl)cc2)C1. The van der Waals surface area contributed by atoms with E-state index in [0.717, 1.165) is 32.0 Å². The van der Waals surface area contributed by atoms with E-state index in [1.165, 1.54) is 4.88 Å². The largest absolute Gasteiger partial charge is 0.506 e. The molecule has 0 saturated heterocycles. The Labute approximate surface area is 236 Å². The fourth-order valence-corrected chi connectivity index (χ4v) is 7.46. The number of nitrogens with one attached hydrogen (secondary N) is 1. The van der Waals surface area contributed by atoms with Crippen LogP contribution in [0.5, 0.6) is 5.75 Å². The highest BCUT2D eigenvalue weighted by atomic mass is 127. The van der Waals surface area contributed by atoms with E-state index in [4.69, 9.17) is 16.6 Å². The second kappa shape index (κ2) is 10.4. The number of phenols is 1. The molecule has 1 heterocycles. The molecule has 2 N–H and O–H groups in total. The number of halogens is 3. The smallest absolute Gasteiger partial charge is 0.259 e. The van der Waals surface area contributed by atoms with Gasteiger partial charge in [-0.15, -0.1) is 11.3 Å². The van der Waals surface area contributed by atoms with E-state index in [0.29, 0.717) is 32.8 Å². The second-order valence-electron chi connectivity index (χ2n) is 9.53. The van der Waals surface area contributed by atoms with Crippen molar-refractivity contribution < 1.29 is 9.90 Å². The van der Waals surface area contributed by atoms with Crippen LogP contribution in [0.3, 0.4) is 0 Å². The molecule has 4 nitrogen and oxygen atoms in total. The van der Waals surface area contributed by atoms with Crippen LogP contribution in [-0.2, 0) is 12.8 Å². The van der Waals surface area contributed by atoms with E-state index in [1.807, 2.05) is 12.1 Å². The van der Waals surface area contributed by atoms with Gasteiger partial charge in [-0.1, -0.05) is 32.4 Å². The first-order valence-electron chi connectivity index (χ1n) is 11.0. The second-order valence-corrected chi connectivity index (χ2v) is 13.5. The Morgan fingerprint density at radius 1 is 1.24 bits per heavy atom. The standard InChI is InChI=1S/C26H25ClI2N2O2S/c1-26(2,3)15-4-9-19-21(11-15)34-25(30-13-14-10-17(28)12-20(29)23(14)32)22(19)24(33)31-18-7-5-16(27)6-8-18/h5-8,10,12-13,15,32H,4,9,11H2,1-3H3,(H,31,33)/t15-/m1/s1. The zero-order valence-corrected chi connectivity index (χ0v) is 25.0. The quantitative estimate of drug-likeness (QED) is 0.210. The van der Waals surface area contributed by atoms with E-state index in [-0.39, 0.29) is 17.1 Å². The summed E-state index contributed by atoms with van der Waals surface area (Å²) < 4.78 is 1.78. The lowest BCUT2D eigenvalue weighted by Crippen LogP contribution is -2.27. The highest BCUT2D eigenvalue weighted by molar-refractivity contribution is 14.1. The number of phenolic OH excluding ortho intramolecular Hbond substituents is 1. The van der Waals surface area contributed by atoms with Crippen molar-refractivity contribution in [1.82, 2.24) is 0 Å². The van der Waals surface area contributed by atoms with Gasteiger partial charge in [-0.3, -0.25) is 4.79 Å². The Morgan fingerprint density at radius 3 is 2.62 bits per heavy atom. The van der Waals surface area contributed by atoms with Gasteiger partial charge < -0.3 is 10.4 Å². The van der Waals surface area contributed by atoms with Crippen molar-refractivity contribution in [3.05, 3.63) is 70.1 Å². The molecule has 0 unspecified atom stereocenters. The van der Waals surface area contributed by atoms with Crippen LogP contribution in [0.15, 0.2) is 41.4 Å². The van der Waals surface area contributed by atoms with Crippen molar-refractivity contribution in [1.29, 1.82) is 0 Å². The van der Waals surface area contributed by atoms with E-state index in [1.54, 1.807) is 41.8 Å². The molecule has 0 bridgehead atoms. The number of carbonyl (C=O) groups is 1. The molecule has 0 fully saturated rings. The van der Waals surface area contributed by atoms with Crippen molar-refractivity contribution in [3.8, 4) is 5.75 Å². The molecule has 8 heteroatoms. The van der Waals surface area contributed by atoms with Gasteiger partial charge >= 0.3 is 0 Å². The van der Waals surface area contributed by atoms with Crippen molar-refractivity contribution >= 4 is 90.9 Å². The summed E-state index contributed by atoms with van der Waals surface area (Å²) in [6.45, 7) is 6.85. The number of aromatic hydroxyl groups is 1. The average Bonchev–Trinajstić information content (AvgIpc) is 3.14. The number of hydrogen-bond donors (Lipinski definition) is 2. The van der Waals surface area contributed by atoms with E-state index in [2.05, 4.69) is 71.3 Å². The lowest BCUT2D eigenvalue weighted by Gasteiger charge is -2.33. The van der Waals surface area contributed by atoms with E-state index in [9.17, 15) is 9.90 Å². The number of amides is 1. The van der Waals surface area contributed by atoms with Gasteiger partial charge in [0.2, 0.25) is 0 Å². The summed E-state index contributed by atoms with van der Waals surface area (Å²) in [5.41, 5.74) is 3.28. The fraction of sp³-hybridized carbons (Fsp3) is 0.308. The monoisotopic (exact) mass is 718 g/mol. The van der Waals surface area contributed by atoms with Gasteiger partial charge in [-0.25, -0.2) is 4.99 Å². The number of fused-ring (bicyclic) bond motifs is 1. The minimum absolute atomic E-state index is 0.164. The summed E-state index contributed by atoms with van der Waals surface area (Å²) in [5, 5.41) is 14.8. The zero-order valence-electron chi connectivity index (χ0n) is 19.1. The first kappa shape index (κ1) is 25.9. The molecule has 1 aromatic heterocycles. The predicted molar refractivity (Wildman–Crippen MR) is 159 cm³/mol. The highest BCUT2D eigenvalue weighted by Gasteiger charge is 2.33. The minimum Gasteiger partial charge on any atom is -0.506 e. The number of thiophene rings is 1. The molecule has 0 spiro atoms. The summed E-state index contributed by atoms with van der Waals surface area (Å²) in [4.78, 5) is 19.4. The summed E-state index contributed by atoms with van der Waals surface area (Å²) in [7, 11) is 0. The summed E-state index contributed by atoms with van der Waals surface area (Å²) in [6.07, 6.45) is 4.52. The van der Waals surface area contributed by atoms with Crippen molar-refractivity contribution in [2.75, 3.05) is 5.32 Å². The Morgan fingerprint density at radius 2 is 1.94 bits per heavy atom. The molecule has 0 radical (unpaired) electrons. The van der Waals surface area contributed by atoms with Crippen LogP contribution < -0.4 is 5.32 Å². The normalized spacial score (nSPS) is 16.0. The van der Waals surface area contributed by atoms with Crippen molar-refractivity contribution in [3.63, 3.8) is 0 Å². The Kier molecular flexibility index (Phi) is 7.96. The Hall–Kier alpha value is -1.17. The van der Waals surface area contributed by atoms with Crippen molar-refractivity contribution in [2.45, 2.75) is 40.0 Å². The first-order valence-corrected chi connectivity index (χ1v) is 14.3. The van der Waals surface area contributed by atoms with Crippen LogP contribution in [0.25, 0.3) is 0 Å². The highest BCUT2D eigenvalue weighted by Crippen LogP contribution is 2.45. The third kappa shape index (κ3) is 5.79. The molecule has 0 aliphatic heterocycles. The maximum absolute atomic E-state index is 13.5. The maximum atomic E-state index is 13.5. The zero-order chi connectivity index (χ0) is 24.6. The Balaban J connectivity index is 1.73. The van der Waals surface area contributed by atoms with Gasteiger partial charge in [0.1, 0.15) is 10.8 Å². The molecule has 4 rings (SSSR count). The molecule has 2 aromatic carbocycles. The number of benzene rings is 2. The van der Waals surface area contributed by atoms with Crippen LogP contribution in [0.4, 0.5) is 10.7 Å². The fourth-order valence-electron chi connectivity index (χ4n) is 4.18. The van der Waals surface area contributed by atoms with Gasteiger partial charge in [-0.05, 0) is 118 Å². The van der Waals surface area contributed by atoms with Crippen molar-refractivity contribution in [2.24, 2.45) is 16.3 Å². The molecule has 1 aliphatic carbocycles. The summed E-state index contributed by atoms with van der Waals surface area (Å²) in [6, 6.07) is 10.9. The van der Waals surface area contributed by atoms with Crippen LogP contribution in [0, 0.1) is 18.5 Å². The summed E-state index contributed by atoms with van der Waals surface area (Å²) >= 11 is 11.9. The van der Waals surface area contributed by atoms with Crippen LogP contribution in [-0.4, -0.2) is 17.2 Å².